The van der Waals surface area contributed by atoms with Gasteiger partial charge >= 0.3 is 6.09 Å². The van der Waals surface area contributed by atoms with Crippen LogP contribution in [0.4, 0.5) is 14.9 Å². The van der Waals surface area contributed by atoms with Gasteiger partial charge in [0.2, 0.25) is 0 Å². The van der Waals surface area contributed by atoms with Crippen LogP contribution in [0.5, 0.6) is 0 Å². The molecule has 2 saturated heterocycles. The maximum absolute atomic E-state index is 14.4. The van der Waals surface area contributed by atoms with Gasteiger partial charge in [-0.05, 0) is 82.8 Å². The first-order chi connectivity index (χ1) is 11.6. The third-order valence-electron chi connectivity index (χ3n) is 4.42. The van der Waals surface area contributed by atoms with Crippen molar-refractivity contribution in [3.05, 3.63) is 33.0 Å². The fraction of sp³-hybridized carbons (Fsp3) is 0.500. The number of carbonyl (C=O) groups is 1. The van der Waals surface area contributed by atoms with Gasteiger partial charge in [0.25, 0.3) is 0 Å². The van der Waals surface area contributed by atoms with Gasteiger partial charge < -0.3 is 14.5 Å². The number of nitrogens with zero attached hydrogens (tertiary/aromatic N) is 2. The van der Waals surface area contributed by atoms with E-state index in [1.165, 1.54) is 6.07 Å². The van der Waals surface area contributed by atoms with E-state index >= 15 is 0 Å². The Morgan fingerprint density at radius 2 is 2.00 bits per heavy atom. The second-order valence-electron chi connectivity index (χ2n) is 7.47. The van der Waals surface area contributed by atoms with Crippen LogP contribution in [0.1, 0.15) is 32.8 Å². The normalized spacial score (nSPS) is 22.3. The molecule has 2 atom stereocenters. The molecule has 2 aliphatic heterocycles. The van der Waals surface area contributed by atoms with E-state index in [1.54, 1.807) is 11.0 Å². The topological polar surface area (TPSA) is 32.8 Å². The number of hydrogen-bond acceptors (Lipinski definition) is 3. The average molecular weight is 476 g/mol. The minimum absolute atomic E-state index is 0.0707. The molecular formula is C18H21Br2FN2O2. The third-order valence-corrected chi connectivity index (χ3v) is 4.88. The number of rotatable bonds is 2. The van der Waals surface area contributed by atoms with Gasteiger partial charge in [0.1, 0.15) is 11.4 Å². The Balaban J connectivity index is 1.75. The van der Waals surface area contributed by atoms with Gasteiger partial charge in [0, 0.05) is 19.1 Å². The first-order valence-corrected chi connectivity index (χ1v) is 9.81. The fourth-order valence-electron chi connectivity index (χ4n) is 3.47. The highest BCUT2D eigenvalue weighted by molar-refractivity contribution is 9.28. The van der Waals surface area contributed by atoms with E-state index in [1.807, 2.05) is 32.9 Å². The Bertz CT molecular complexity index is 714. The third kappa shape index (κ3) is 4.19. The monoisotopic (exact) mass is 474 g/mol. The number of amides is 1. The maximum Gasteiger partial charge on any atom is 0.410 e. The second kappa shape index (κ2) is 6.91. The zero-order valence-corrected chi connectivity index (χ0v) is 17.6. The average Bonchev–Trinajstić information content (AvgIpc) is 3.07. The second-order valence-corrected chi connectivity index (χ2v) is 10.2. The van der Waals surface area contributed by atoms with Crippen molar-refractivity contribution in [1.29, 1.82) is 0 Å². The number of carbonyl (C=O) groups excluding carboxylic acids is 1. The van der Waals surface area contributed by atoms with E-state index in [9.17, 15) is 9.18 Å². The molecule has 3 rings (SSSR count). The Morgan fingerprint density at radius 1 is 1.28 bits per heavy atom. The number of fused-ring (bicyclic) bond motifs is 2. The number of benzene rings is 1. The van der Waals surface area contributed by atoms with Crippen LogP contribution in [-0.2, 0) is 4.74 Å². The van der Waals surface area contributed by atoms with Crippen LogP contribution in [0.25, 0.3) is 6.08 Å². The first-order valence-electron chi connectivity index (χ1n) is 8.22. The maximum atomic E-state index is 14.4. The molecule has 25 heavy (non-hydrogen) atoms. The molecule has 2 heterocycles. The molecule has 0 aliphatic carbocycles. The zero-order valence-electron chi connectivity index (χ0n) is 14.4. The Labute approximate surface area is 164 Å². The van der Waals surface area contributed by atoms with Crippen LogP contribution >= 0.6 is 31.9 Å². The van der Waals surface area contributed by atoms with Crippen LogP contribution in [-0.4, -0.2) is 41.8 Å². The number of likely N-dealkylation sites (tertiary alicyclic amines) is 1. The molecule has 0 saturated carbocycles. The van der Waals surface area contributed by atoms with Crippen LogP contribution in [0.15, 0.2) is 21.6 Å². The Hall–Kier alpha value is -1.08. The number of ether oxygens (including phenoxy) is 1. The molecule has 7 heteroatoms. The van der Waals surface area contributed by atoms with E-state index in [-0.39, 0.29) is 24.0 Å². The van der Waals surface area contributed by atoms with Gasteiger partial charge in [-0.1, -0.05) is 6.07 Å². The summed E-state index contributed by atoms with van der Waals surface area (Å²) in [6, 6.07) is 5.26. The molecule has 0 unspecified atom stereocenters. The fourth-order valence-corrected chi connectivity index (χ4v) is 4.00. The van der Waals surface area contributed by atoms with Gasteiger partial charge in [-0.3, -0.25) is 0 Å². The summed E-state index contributed by atoms with van der Waals surface area (Å²) in [6.07, 6.45) is 2.45. The van der Waals surface area contributed by atoms with Crippen molar-refractivity contribution in [1.82, 2.24) is 4.90 Å². The minimum atomic E-state index is -0.506. The summed E-state index contributed by atoms with van der Waals surface area (Å²) in [4.78, 5) is 16.2. The van der Waals surface area contributed by atoms with E-state index in [4.69, 9.17) is 4.74 Å². The van der Waals surface area contributed by atoms with Crippen LogP contribution in [0.3, 0.4) is 0 Å². The number of halogens is 3. The lowest BCUT2D eigenvalue weighted by atomic mass is 10.1. The molecule has 4 nitrogen and oxygen atoms in total. The van der Waals surface area contributed by atoms with Crippen molar-refractivity contribution in [2.24, 2.45) is 0 Å². The number of piperazine rings is 1. The van der Waals surface area contributed by atoms with Gasteiger partial charge in [0.15, 0.2) is 0 Å². The number of hydrogen-bond donors (Lipinski definition) is 0. The molecule has 0 spiro atoms. The van der Waals surface area contributed by atoms with Gasteiger partial charge in [-0.25, -0.2) is 9.18 Å². The summed E-state index contributed by atoms with van der Waals surface area (Å²) in [5, 5.41) is 0. The lowest BCUT2D eigenvalue weighted by Crippen LogP contribution is -2.50. The summed E-state index contributed by atoms with van der Waals surface area (Å²) in [6.45, 7) is 6.79. The van der Waals surface area contributed by atoms with Crippen molar-refractivity contribution >= 4 is 49.7 Å². The largest absolute Gasteiger partial charge is 0.444 e. The van der Waals surface area contributed by atoms with Crippen molar-refractivity contribution in [3.63, 3.8) is 0 Å². The molecule has 1 aromatic rings. The first kappa shape index (κ1) is 18.7. The quantitative estimate of drug-likeness (QED) is 0.595. The molecule has 1 amide bonds. The standard InChI is InChI=1S/C18H21Br2FN2O2/c1-18(2,3)25-17(24)23-10-12-8-13(23)9-22(12)15-6-11(7-16(19)20)4-5-14(15)21/h4-7,12-13H,8-10H2,1-3H3/t12-,13-/m0/s1. The van der Waals surface area contributed by atoms with Gasteiger partial charge in [-0.2, -0.15) is 0 Å². The molecule has 1 aromatic carbocycles. The Morgan fingerprint density at radius 3 is 2.56 bits per heavy atom. The molecule has 2 fully saturated rings. The molecule has 0 N–H and O–H groups in total. The summed E-state index contributed by atoms with van der Waals surface area (Å²) in [5.74, 6) is -0.237. The molecule has 0 radical (unpaired) electrons. The zero-order chi connectivity index (χ0) is 18.4. The van der Waals surface area contributed by atoms with Crippen molar-refractivity contribution in [2.75, 3.05) is 18.0 Å². The minimum Gasteiger partial charge on any atom is -0.444 e. The SMILES string of the molecule is CC(C)(C)OC(=O)N1C[C@@H]2C[C@H]1CN2c1cc(C=C(Br)Br)ccc1F. The van der Waals surface area contributed by atoms with E-state index in [0.717, 1.165) is 15.4 Å². The molecule has 2 aliphatic rings. The molecule has 2 bridgehead atoms. The van der Waals surface area contributed by atoms with Crippen molar-refractivity contribution in [2.45, 2.75) is 44.9 Å². The summed E-state index contributed by atoms with van der Waals surface area (Å²) < 4.78 is 20.7. The van der Waals surface area contributed by atoms with E-state index < -0.39 is 5.60 Å². The van der Waals surface area contributed by atoms with Crippen molar-refractivity contribution < 1.29 is 13.9 Å². The van der Waals surface area contributed by atoms with Gasteiger partial charge in [-0.15, -0.1) is 0 Å². The summed E-state index contributed by atoms with van der Waals surface area (Å²) >= 11 is 6.66. The van der Waals surface area contributed by atoms with Crippen LogP contribution in [0.2, 0.25) is 0 Å². The molecule has 0 aromatic heterocycles. The highest BCUT2D eigenvalue weighted by atomic mass is 79.9. The van der Waals surface area contributed by atoms with Gasteiger partial charge in [0.05, 0.1) is 15.1 Å². The van der Waals surface area contributed by atoms with E-state index in [0.29, 0.717) is 18.8 Å². The van der Waals surface area contributed by atoms with Crippen LogP contribution < -0.4 is 4.90 Å². The van der Waals surface area contributed by atoms with Crippen molar-refractivity contribution in [3.8, 4) is 0 Å². The molecular weight excluding hydrogens is 455 g/mol. The Kier molecular flexibility index (Phi) is 5.17. The van der Waals surface area contributed by atoms with E-state index in [2.05, 4.69) is 36.8 Å². The summed E-state index contributed by atoms with van der Waals surface area (Å²) in [7, 11) is 0. The highest BCUT2D eigenvalue weighted by Crippen LogP contribution is 2.37. The molecule has 136 valence electrons. The predicted octanol–water partition coefficient (Wildman–Crippen LogP) is 5.11. The lowest BCUT2D eigenvalue weighted by molar-refractivity contribution is 0.0214. The smallest absolute Gasteiger partial charge is 0.410 e. The number of anilines is 1. The highest BCUT2D eigenvalue weighted by Gasteiger charge is 2.47. The summed E-state index contributed by atoms with van der Waals surface area (Å²) in [5.41, 5.74) is 0.993. The lowest BCUT2D eigenvalue weighted by Gasteiger charge is -2.36. The van der Waals surface area contributed by atoms with Crippen LogP contribution in [0, 0.1) is 5.82 Å². The predicted molar refractivity (Wildman–Crippen MR) is 105 cm³/mol.